The van der Waals surface area contributed by atoms with Gasteiger partial charge in [-0.3, -0.25) is 0 Å². The van der Waals surface area contributed by atoms with Crippen LogP contribution in [0.15, 0.2) is 22.7 Å². The van der Waals surface area contributed by atoms with Crippen LogP contribution in [-0.4, -0.2) is 11.2 Å². The fraction of sp³-hybridized carbons (Fsp3) is 0.333. The van der Waals surface area contributed by atoms with Crippen molar-refractivity contribution in [3.63, 3.8) is 0 Å². The molecule has 0 heterocycles. The molecule has 0 spiro atoms. The molecule has 3 heteroatoms. The number of aromatic hydroxyl groups is 1. The highest BCUT2D eigenvalue weighted by Crippen LogP contribution is 2.34. The average Bonchev–Trinajstić information content (AvgIpc) is 1.97. The number of para-hydroxylation sites is 1. The Hall–Kier alpha value is -0.700. The number of ether oxygens (including phenoxy) is 1. The van der Waals surface area contributed by atoms with E-state index in [4.69, 9.17) is 4.74 Å². The highest BCUT2D eigenvalue weighted by molar-refractivity contribution is 9.10. The molecule has 0 fully saturated rings. The zero-order chi connectivity index (χ0) is 9.14. The molecular weight excluding hydrogens is 220 g/mol. The molecule has 0 bridgehead atoms. The fourth-order valence-electron chi connectivity index (χ4n) is 0.850. The first-order valence-electron chi connectivity index (χ1n) is 3.75. The second-order valence-corrected chi connectivity index (χ2v) is 3.61. The fourth-order valence-corrected chi connectivity index (χ4v) is 1.30. The quantitative estimate of drug-likeness (QED) is 0.847. The molecule has 0 radical (unpaired) electrons. The number of halogens is 1. The van der Waals surface area contributed by atoms with E-state index in [9.17, 15) is 5.11 Å². The second kappa shape index (κ2) is 3.81. The van der Waals surface area contributed by atoms with Crippen LogP contribution in [0.3, 0.4) is 0 Å². The van der Waals surface area contributed by atoms with Crippen LogP contribution in [0.4, 0.5) is 0 Å². The van der Waals surface area contributed by atoms with E-state index in [1.54, 1.807) is 12.1 Å². The molecule has 0 aromatic heterocycles. The zero-order valence-electron chi connectivity index (χ0n) is 7.04. The largest absolute Gasteiger partial charge is 0.504 e. The van der Waals surface area contributed by atoms with Gasteiger partial charge in [-0.1, -0.05) is 6.07 Å². The highest BCUT2D eigenvalue weighted by atomic mass is 79.9. The monoisotopic (exact) mass is 230 g/mol. The summed E-state index contributed by atoms with van der Waals surface area (Å²) in [6, 6.07) is 5.19. The van der Waals surface area contributed by atoms with Crippen molar-refractivity contribution in [1.29, 1.82) is 0 Å². The molecule has 0 saturated heterocycles. The first kappa shape index (κ1) is 9.39. The van der Waals surface area contributed by atoms with Crippen molar-refractivity contribution in [2.75, 3.05) is 0 Å². The first-order valence-corrected chi connectivity index (χ1v) is 4.54. The van der Waals surface area contributed by atoms with Crippen molar-refractivity contribution in [3.8, 4) is 11.5 Å². The van der Waals surface area contributed by atoms with Gasteiger partial charge in [0.05, 0.1) is 10.6 Å². The predicted molar refractivity (Wildman–Crippen MR) is 51.6 cm³/mol. The van der Waals surface area contributed by atoms with E-state index in [-0.39, 0.29) is 11.9 Å². The van der Waals surface area contributed by atoms with Gasteiger partial charge in [-0.2, -0.15) is 0 Å². The Morgan fingerprint density at radius 1 is 1.42 bits per heavy atom. The number of hydrogen-bond donors (Lipinski definition) is 1. The maximum Gasteiger partial charge on any atom is 0.175 e. The van der Waals surface area contributed by atoms with E-state index in [1.807, 2.05) is 19.9 Å². The molecule has 0 aliphatic carbocycles. The molecule has 0 aliphatic heterocycles. The number of rotatable bonds is 2. The lowest BCUT2D eigenvalue weighted by atomic mass is 10.3. The lowest BCUT2D eigenvalue weighted by Gasteiger charge is -2.12. The van der Waals surface area contributed by atoms with Crippen molar-refractivity contribution in [2.45, 2.75) is 20.0 Å². The lowest BCUT2D eigenvalue weighted by Crippen LogP contribution is -2.05. The third kappa shape index (κ3) is 2.14. The Labute approximate surface area is 80.3 Å². The third-order valence-corrected chi connectivity index (χ3v) is 1.92. The molecular formula is C9H11BrO2. The maximum atomic E-state index is 9.39. The maximum absolute atomic E-state index is 9.39. The van der Waals surface area contributed by atoms with Crippen molar-refractivity contribution < 1.29 is 9.84 Å². The normalized spacial score (nSPS) is 10.3. The van der Waals surface area contributed by atoms with Crippen LogP contribution in [0.2, 0.25) is 0 Å². The summed E-state index contributed by atoms with van der Waals surface area (Å²) in [6.07, 6.45) is 0.0644. The number of hydrogen-bond acceptors (Lipinski definition) is 2. The predicted octanol–water partition coefficient (Wildman–Crippen LogP) is 2.94. The van der Waals surface area contributed by atoms with Gasteiger partial charge in [-0.15, -0.1) is 0 Å². The third-order valence-electron chi connectivity index (χ3n) is 1.30. The smallest absolute Gasteiger partial charge is 0.175 e. The van der Waals surface area contributed by atoms with Crippen molar-refractivity contribution in [2.24, 2.45) is 0 Å². The molecule has 1 aromatic carbocycles. The molecule has 12 heavy (non-hydrogen) atoms. The minimum Gasteiger partial charge on any atom is -0.504 e. The van der Waals surface area contributed by atoms with Crippen LogP contribution in [-0.2, 0) is 0 Å². The summed E-state index contributed by atoms with van der Waals surface area (Å²) in [7, 11) is 0. The Balaban J connectivity index is 2.96. The van der Waals surface area contributed by atoms with Gasteiger partial charge in [0, 0.05) is 0 Å². The van der Waals surface area contributed by atoms with Gasteiger partial charge in [-0.25, -0.2) is 0 Å². The summed E-state index contributed by atoms with van der Waals surface area (Å²) in [5.41, 5.74) is 0. The zero-order valence-corrected chi connectivity index (χ0v) is 8.63. The van der Waals surface area contributed by atoms with Gasteiger partial charge < -0.3 is 9.84 Å². The van der Waals surface area contributed by atoms with Crippen LogP contribution in [0.1, 0.15) is 13.8 Å². The lowest BCUT2D eigenvalue weighted by molar-refractivity contribution is 0.230. The Morgan fingerprint density at radius 3 is 2.58 bits per heavy atom. The molecule has 1 N–H and O–H groups in total. The van der Waals surface area contributed by atoms with Crippen molar-refractivity contribution in [1.82, 2.24) is 0 Å². The van der Waals surface area contributed by atoms with E-state index >= 15 is 0 Å². The van der Waals surface area contributed by atoms with E-state index in [2.05, 4.69) is 15.9 Å². The molecule has 0 aliphatic rings. The summed E-state index contributed by atoms with van der Waals surface area (Å²) >= 11 is 3.29. The van der Waals surface area contributed by atoms with Crippen LogP contribution in [0.5, 0.6) is 11.5 Å². The van der Waals surface area contributed by atoms with Gasteiger partial charge in [0.15, 0.2) is 11.5 Å². The van der Waals surface area contributed by atoms with Gasteiger partial charge in [-0.05, 0) is 41.9 Å². The van der Waals surface area contributed by atoms with Gasteiger partial charge in [0.25, 0.3) is 0 Å². The minimum atomic E-state index is 0.0644. The number of phenolic OH excluding ortho intramolecular Hbond substituents is 1. The average molecular weight is 231 g/mol. The van der Waals surface area contributed by atoms with Gasteiger partial charge in [0.2, 0.25) is 0 Å². The van der Waals surface area contributed by atoms with Gasteiger partial charge >= 0.3 is 0 Å². The van der Waals surface area contributed by atoms with E-state index in [0.717, 1.165) is 4.47 Å². The summed E-state index contributed by atoms with van der Waals surface area (Å²) in [4.78, 5) is 0. The molecule has 0 unspecified atom stereocenters. The van der Waals surface area contributed by atoms with Gasteiger partial charge in [0.1, 0.15) is 0 Å². The summed E-state index contributed by atoms with van der Waals surface area (Å²) in [6.45, 7) is 3.83. The summed E-state index contributed by atoms with van der Waals surface area (Å²) < 4.78 is 6.15. The molecule has 0 atom stereocenters. The Bertz CT molecular complexity index is 251. The van der Waals surface area contributed by atoms with Crippen LogP contribution in [0, 0.1) is 0 Å². The minimum absolute atomic E-state index is 0.0644. The standard InChI is InChI=1S/C9H11BrO2/c1-6(2)12-9-7(10)4-3-5-8(9)11/h3-6,11H,1-2H3. The molecule has 0 amide bonds. The second-order valence-electron chi connectivity index (χ2n) is 2.75. The Morgan fingerprint density at radius 2 is 2.08 bits per heavy atom. The van der Waals surface area contributed by atoms with E-state index < -0.39 is 0 Å². The Kier molecular flexibility index (Phi) is 2.98. The topological polar surface area (TPSA) is 29.5 Å². The van der Waals surface area contributed by atoms with Crippen LogP contribution >= 0.6 is 15.9 Å². The van der Waals surface area contributed by atoms with Crippen LogP contribution < -0.4 is 4.74 Å². The van der Waals surface area contributed by atoms with E-state index in [0.29, 0.717) is 5.75 Å². The SMILES string of the molecule is CC(C)Oc1c(O)cccc1Br. The van der Waals surface area contributed by atoms with Crippen LogP contribution in [0.25, 0.3) is 0 Å². The first-order chi connectivity index (χ1) is 5.61. The summed E-state index contributed by atoms with van der Waals surface area (Å²) in [5.74, 6) is 0.672. The van der Waals surface area contributed by atoms with Crippen molar-refractivity contribution >= 4 is 15.9 Å². The molecule has 2 nitrogen and oxygen atoms in total. The summed E-state index contributed by atoms with van der Waals surface area (Å²) in [5, 5.41) is 9.39. The van der Waals surface area contributed by atoms with Crippen molar-refractivity contribution in [3.05, 3.63) is 22.7 Å². The molecule has 1 rings (SSSR count). The van der Waals surface area contributed by atoms with E-state index in [1.165, 1.54) is 0 Å². The molecule has 0 saturated carbocycles. The molecule has 66 valence electrons. The number of phenols is 1. The number of benzene rings is 1. The highest BCUT2D eigenvalue weighted by Gasteiger charge is 2.07. The molecule has 1 aromatic rings.